The van der Waals surface area contributed by atoms with E-state index in [1.807, 2.05) is 0 Å². The average Bonchev–Trinajstić information content (AvgIpc) is 2.01. The molecule has 0 radical (unpaired) electrons. The Hall–Kier alpha value is 0.0400. The molecule has 1 rings (SSSR count). The molecule has 4 heteroatoms. The van der Waals surface area contributed by atoms with Gasteiger partial charge in [0.25, 0.3) is 0 Å². The van der Waals surface area contributed by atoms with E-state index < -0.39 is 11.6 Å². The molecule has 0 unspecified atom stereocenters. The SMILES string of the molecule is CCc1c(F)cc(Br)c(F)c1Br. The number of hydrogen-bond donors (Lipinski definition) is 0. The molecule has 0 nitrogen and oxygen atoms in total. The molecule has 0 saturated carbocycles. The van der Waals surface area contributed by atoms with Gasteiger partial charge in [-0.3, -0.25) is 0 Å². The maximum Gasteiger partial charge on any atom is 0.152 e. The molecule has 1 aromatic rings. The van der Waals surface area contributed by atoms with Crippen molar-refractivity contribution in [3.05, 3.63) is 32.2 Å². The second kappa shape index (κ2) is 3.83. The Balaban J connectivity index is 3.40. The van der Waals surface area contributed by atoms with Crippen LogP contribution in [0.5, 0.6) is 0 Å². The van der Waals surface area contributed by atoms with Crippen molar-refractivity contribution < 1.29 is 8.78 Å². The van der Waals surface area contributed by atoms with Gasteiger partial charge in [0.1, 0.15) is 5.82 Å². The van der Waals surface area contributed by atoms with Crippen LogP contribution in [0.25, 0.3) is 0 Å². The zero-order valence-electron chi connectivity index (χ0n) is 6.30. The Morgan fingerprint density at radius 2 is 1.92 bits per heavy atom. The van der Waals surface area contributed by atoms with E-state index in [9.17, 15) is 8.78 Å². The van der Waals surface area contributed by atoms with Crippen molar-refractivity contribution in [3.63, 3.8) is 0 Å². The highest BCUT2D eigenvalue weighted by Crippen LogP contribution is 2.29. The summed E-state index contributed by atoms with van der Waals surface area (Å²) in [5, 5.41) is 0. The first-order valence-corrected chi connectivity index (χ1v) is 4.98. The molecular formula is C8H6Br2F2. The Kier molecular flexibility index (Phi) is 3.23. The third-order valence-corrected chi connectivity index (χ3v) is 2.97. The maximum absolute atomic E-state index is 13.1. The number of rotatable bonds is 1. The Bertz CT molecular complexity index is 310. The Morgan fingerprint density at radius 3 is 2.42 bits per heavy atom. The minimum Gasteiger partial charge on any atom is -0.207 e. The molecule has 0 aliphatic heterocycles. The summed E-state index contributed by atoms with van der Waals surface area (Å²) in [6.07, 6.45) is 0.469. The molecule has 0 atom stereocenters. The quantitative estimate of drug-likeness (QED) is 0.542. The van der Waals surface area contributed by atoms with Crippen LogP contribution >= 0.6 is 31.9 Å². The lowest BCUT2D eigenvalue weighted by molar-refractivity contribution is 0.575. The molecule has 0 fully saturated rings. The summed E-state index contributed by atoms with van der Waals surface area (Å²) < 4.78 is 26.5. The van der Waals surface area contributed by atoms with E-state index in [0.29, 0.717) is 12.0 Å². The summed E-state index contributed by atoms with van der Waals surface area (Å²) in [4.78, 5) is 0. The monoisotopic (exact) mass is 298 g/mol. The molecular weight excluding hydrogens is 294 g/mol. The summed E-state index contributed by atoms with van der Waals surface area (Å²) in [6, 6.07) is 1.14. The molecule has 0 heterocycles. The Morgan fingerprint density at radius 1 is 1.33 bits per heavy atom. The fourth-order valence-corrected chi connectivity index (χ4v) is 2.28. The second-order valence-electron chi connectivity index (χ2n) is 2.30. The van der Waals surface area contributed by atoms with E-state index >= 15 is 0 Å². The summed E-state index contributed by atoms with van der Waals surface area (Å²) >= 11 is 5.91. The van der Waals surface area contributed by atoms with Crippen molar-refractivity contribution in [2.45, 2.75) is 13.3 Å². The van der Waals surface area contributed by atoms with Crippen LogP contribution < -0.4 is 0 Å². The maximum atomic E-state index is 13.1. The van der Waals surface area contributed by atoms with Gasteiger partial charge < -0.3 is 0 Å². The zero-order chi connectivity index (χ0) is 9.30. The van der Waals surface area contributed by atoms with Crippen molar-refractivity contribution >= 4 is 31.9 Å². The lowest BCUT2D eigenvalue weighted by Crippen LogP contribution is -1.94. The van der Waals surface area contributed by atoms with Crippen molar-refractivity contribution in [1.29, 1.82) is 0 Å². The van der Waals surface area contributed by atoms with Gasteiger partial charge in [-0.25, -0.2) is 8.78 Å². The van der Waals surface area contributed by atoms with E-state index in [4.69, 9.17) is 0 Å². The fourth-order valence-electron chi connectivity index (χ4n) is 0.928. The van der Waals surface area contributed by atoms with Crippen LogP contribution in [0.15, 0.2) is 15.0 Å². The second-order valence-corrected chi connectivity index (χ2v) is 3.95. The Labute approximate surface area is 86.2 Å². The van der Waals surface area contributed by atoms with Crippen LogP contribution in [-0.2, 0) is 6.42 Å². The first-order valence-electron chi connectivity index (χ1n) is 3.39. The molecule has 0 N–H and O–H groups in total. The van der Waals surface area contributed by atoms with Crippen LogP contribution in [-0.4, -0.2) is 0 Å². The molecule has 0 aliphatic carbocycles. The summed E-state index contributed by atoms with van der Waals surface area (Å²) in [5.41, 5.74) is 0.371. The molecule has 0 amide bonds. The van der Waals surface area contributed by atoms with Gasteiger partial charge in [0, 0.05) is 5.56 Å². The topological polar surface area (TPSA) is 0 Å². The van der Waals surface area contributed by atoms with Gasteiger partial charge in [0.2, 0.25) is 0 Å². The molecule has 0 bridgehead atoms. The van der Waals surface area contributed by atoms with E-state index in [-0.39, 0.29) is 8.95 Å². The number of hydrogen-bond acceptors (Lipinski definition) is 0. The summed E-state index contributed by atoms with van der Waals surface area (Å²) in [6.45, 7) is 1.77. The van der Waals surface area contributed by atoms with Crippen LogP contribution in [0.1, 0.15) is 12.5 Å². The van der Waals surface area contributed by atoms with Crippen LogP contribution in [0.4, 0.5) is 8.78 Å². The molecule has 0 saturated heterocycles. The molecule has 0 spiro atoms. The highest BCUT2D eigenvalue weighted by Gasteiger charge is 2.13. The lowest BCUT2D eigenvalue weighted by atomic mass is 10.1. The fraction of sp³-hybridized carbons (Fsp3) is 0.250. The van der Waals surface area contributed by atoms with Crippen molar-refractivity contribution in [1.82, 2.24) is 0 Å². The van der Waals surface area contributed by atoms with E-state index in [1.54, 1.807) is 6.92 Å². The molecule has 12 heavy (non-hydrogen) atoms. The van der Waals surface area contributed by atoms with E-state index in [2.05, 4.69) is 31.9 Å². The van der Waals surface area contributed by atoms with Gasteiger partial charge in [0.15, 0.2) is 5.82 Å². The predicted octanol–water partition coefficient (Wildman–Crippen LogP) is 4.05. The van der Waals surface area contributed by atoms with E-state index in [0.717, 1.165) is 6.07 Å². The largest absolute Gasteiger partial charge is 0.207 e. The van der Waals surface area contributed by atoms with Gasteiger partial charge in [-0.1, -0.05) is 6.92 Å². The lowest BCUT2D eigenvalue weighted by Gasteiger charge is -2.05. The standard InChI is InChI=1S/C8H6Br2F2/c1-2-4-6(11)3-5(9)8(12)7(4)10/h3H,2H2,1H3. The minimum atomic E-state index is -0.451. The van der Waals surface area contributed by atoms with Crippen molar-refractivity contribution in [2.75, 3.05) is 0 Å². The average molecular weight is 300 g/mol. The normalized spacial score (nSPS) is 10.4. The first-order chi connectivity index (χ1) is 5.57. The van der Waals surface area contributed by atoms with Gasteiger partial charge in [0.05, 0.1) is 8.95 Å². The van der Waals surface area contributed by atoms with Crippen molar-refractivity contribution in [2.24, 2.45) is 0 Å². The molecule has 0 aliphatic rings. The number of benzene rings is 1. The predicted molar refractivity (Wildman–Crippen MR) is 51.1 cm³/mol. The van der Waals surface area contributed by atoms with Gasteiger partial charge in [-0.2, -0.15) is 0 Å². The van der Waals surface area contributed by atoms with Crippen LogP contribution in [0.2, 0.25) is 0 Å². The molecule has 66 valence electrons. The van der Waals surface area contributed by atoms with Gasteiger partial charge in [-0.05, 0) is 44.3 Å². The highest BCUT2D eigenvalue weighted by molar-refractivity contribution is 9.11. The highest BCUT2D eigenvalue weighted by atomic mass is 79.9. The minimum absolute atomic E-state index is 0.143. The van der Waals surface area contributed by atoms with Gasteiger partial charge >= 0.3 is 0 Å². The van der Waals surface area contributed by atoms with Crippen LogP contribution in [0.3, 0.4) is 0 Å². The summed E-state index contributed by atoms with van der Waals surface area (Å²) in [7, 11) is 0. The number of halogens is 4. The first kappa shape index (κ1) is 10.1. The third kappa shape index (κ3) is 1.69. The van der Waals surface area contributed by atoms with Crippen LogP contribution in [0, 0.1) is 11.6 Å². The van der Waals surface area contributed by atoms with Crippen molar-refractivity contribution in [3.8, 4) is 0 Å². The smallest absolute Gasteiger partial charge is 0.152 e. The van der Waals surface area contributed by atoms with Gasteiger partial charge in [-0.15, -0.1) is 0 Å². The molecule has 0 aromatic heterocycles. The van der Waals surface area contributed by atoms with E-state index in [1.165, 1.54) is 0 Å². The third-order valence-electron chi connectivity index (χ3n) is 1.56. The summed E-state index contributed by atoms with van der Waals surface area (Å²) in [5.74, 6) is -0.842. The molecule has 1 aromatic carbocycles. The zero-order valence-corrected chi connectivity index (χ0v) is 9.47.